The van der Waals surface area contributed by atoms with E-state index in [0.717, 1.165) is 23.6 Å². The summed E-state index contributed by atoms with van der Waals surface area (Å²) in [5.41, 5.74) is 6.10. The van der Waals surface area contributed by atoms with Crippen LogP contribution in [0.1, 0.15) is 18.9 Å². The lowest BCUT2D eigenvalue weighted by molar-refractivity contribution is -0.118. The van der Waals surface area contributed by atoms with Crippen molar-refractivity contribution >= 4 is 5.91 Å². The van der Waals surface area contributed by atoms with Gasteiger partial charge in [-0.3, -0.25) is 4.79 Å². The minimum absolute atomic E-state index is 0.206. The van der Waals surface area contributed by atoms with Gasteiger partial charge < -0.3 is 20.5 Å². The van der Waals surface area contributed by atoms with E-state index in [4.69, 9.17) is 15.2 Å². The molecule has 0 aliphatic rings. The van der Waals surface area contributed by atoms with Gasteiger partial charge in [0, 0.05) is 18.2 Å². The molecule has 100 valence electrons. The Balaban J connectivity index is 2.72. The molecule has 5 nitrogen and oxygen atoms in total. The van der Waals surface area contributed by atoms with Crippen LogP contribution >= 0.6 is 0 Å². The van der Waals surface area contributed by atoms with Gasteiger partial charge in [-0.15, -0.1) is 0 Å². The van der Waals surface area contributed by atoms with Crippen molar-refractivity contribution in [3.8, 4) is 11.5 Å². The van der Waals surface area contributed by atoms with Crippen LogP contribution in [0.5, 0.6) is 11.5 Å². The number of nitrogens with two attached hydrogens (primary N) is 1. The molecule has 0 aliphatic heterocycles. The summed E-state index contributed by atoms with van der Waals surface area (Å²) in [6, 6.07) is 5.64. The van der Waals surface area contributed by atoms with E-state index < -0.39 is 0 Å². The molecular weight excluding hydrogens is 232 g/mol. The Morgan fingerprint density at radius 2 is 2.22 bits per heavy atom. The molecule has 0 aromatic heterocycles. The first-order valence-electron chi connectivity index (χ1n) is 5.96. The Morgan fingerprint density at radius 1 is 1.44 bits per heavy atom. The molecule has 0 aliphatic carbocycles. The van der Waals surface area contributed by atoms with Crippen LogP contribution in [0.25, 0.3) is 0 Å². The molecule has 0 spiro atoms. The Bertz CT molecular complexity index is 394. The number of rotatable bonds is 8. The lowest BCUT2D eigenvalue weighted by Crippen LogP contribution is -2.16. The molecule has 0 saturated heterocycles. The molecule has 18 heavy (non-hydrogen) atoms. The number of nitrogens with one attached hydrogen (secondary N) is 1. The SMILES string of the molecule is CCNCc1ccc(OC)cc1OCCC(N)=O. The van der Waals surface area contributed by atoms with Gasteiger partial charge in [-0.2, -0.15) is 0 Å². The molecule has 1 rings (SSSR count). The number of hydrogen-bond acceptors (Lipinski definition) is 4. The molecule has 0 atom stereocenters. The van der Waals surface area contributed by atoms with Crippen molar-refractivity contribution in [3.63, 3.8) is 0 Å². The monoisotopic (exact) mass is 252 g/mol. The maximum absolute atomic E-state index is 10.7. The molecule has 1 aromatic rings. The zero-order valence-electron chi connectivity index (χ0n) is 10.9. The minimum atomic E-state index is -0.369. The lowest BCUT2D eigenvalue weighted by Gasteiger charge is -2.12. The average molecular weight is 252 g/mol. The highest BCUT2D eigenvalue weighted by Crippen LogP contribution is 2.24. The molecule has 0 fully saturated rings. The van der Waals surface area contributed by atoms with E-state index >= 15 is 0 Å². The summed E-state index contributed by atoms with van der Waals surface area (Å²) < 4.78 is 10.7. The number of primary amides is 1. The van der Waals surface area contributed by atoms with Crippen molar-refractivity contribution in [1.82, 2.24) is 5.32 Å². The quantitative estimate of drug-likeness (QED) is 0.725. The number of ether oxygens (including phenoxy) is 2. The van der Waals surface area contributed by atoms with Crippen LogP contribution in [0.2, 0.25) is 0 Å². The van der Waals surface area contributed by atoms with Crippen molar-refractivity contribution in [2.24, 2.45) is 5.73 Å². The van der Waals surface area contributed by atoms with Gasteiger partial charge in [-0.1, -0.05) is 13.0 Å². The van der Waals surface area contributed by atoms with Crippen LogP contribution in [0.15, 0.2) is 18.2 Å². The van der Waals surface area contributed by atoms with Gasteiger partial charge in [-0.25, -0.2) is 0 Å². The Hall–Kier alpha value is -1.75. The molecule has 0 unspecified atom stereocenters. The largest absolute Gasteiger partial charge is 0.497 e. The first-order chi connectivity index (χ1) is 8.67. The summed E-state index contributed by atoms with van der Waals surface area (Å²) in [5, 5.41) is 3.23. The van der Waals surface area contributed by atoms with E-state index in [0.29, 0.717) is 6.54 Å². The summed E-state index contributed by atoms with van der Waals surface area (Å²) in [7, 11) is 1.60. The van der Waals surface area contributed by atoms with Crippen molar-refractivity contribution in [2.75, 3.05) is 20.3 Å². The van der Waals surface area contributed by atoms with Gasteiger partial charge in [0.25, 0.3) is 0 Å². The highest BCUT2D eigenvalue weighted by molar-refractivity contribution is 5.73. The molecule has 5 heteroatoms. The number of methoxy groups -OCH3 is 1. The summed E-state index contributed by atoms with van der Waals surface area (Å²) in [6.45, 7) is 3.91. The fourth-order valence-electron chi connectivity index (χ4n) is 1.46. The first kappa shape index (κ1) is 14.3. The van der Waals surface area contributed by atoms with E-state index in [2.05, 4.69) is 5.32 Å². The Labute approximate surface area is 107 Å². The maximum Gasteiger partial charge on any atom is 0.220 e. The highest BCUT2D eigenvalue weighted by atomic mass is 16.5. The van der Waals surface area contributed by atoms with E-state index in [-0.39, 0.29) is 18.9 Å². The van der Waals surface area contributed by atoms with Gasteiger partial charge in [0.2, 0.25) is 5.91 Å². The summed E-state index contributed by atoms with van der Waals surface area (Å²) in [6.07, 6.45) is 0.206. The van der Waals surface area contributed by atoms with Crippen molar-refractivity contribution < 1.29 is 14.3 Å². The minimum Gasteiger partial charge on any atom is -0.497 e. The zero-order valence-corrected chi connectivity index (χ0v) is 10.9. The second-order valence-electron chi connectivity index (χ2n) is 3.82. The number of carbonyl (C=O) groups is 1. The normalized spacial score (nSPS) is 10.1. The molecule has 0 radical (unpaired) electrons. The van der Waals surface area contributed by atoms with Crippen molar-refractivity contribution in [2.45, 2.75) is 19.9 Å². The van der Waals surface area contributed by atoms with Gasteiger partial charge in [-0.05, 0) is 12.6 Å². The predicted octanol–water partition coefficient (Wildman–Crippen LogP) is 1.06. The van der Waals surface area contributed by atoms with E-state index in [1.165, 1.54) is 0 Å². The number of hydrogen-bond donors (Lipinski definition) is 2. The Kier molecular flexibility index (Phi) is 6.00. The van der Waals surface area contributed by atoms with Crippen LogP contribution in [0.4, 0.5) is 0 Å². The number of amides is 1. The Morgan fingerprint density at radius 3 is 2.83 bits per heavy atom. The maximum atomic E-state index is 10.7. The van der Waals surface area contributed by atoms with Gasteiger partial charge >= 0.3 is 0 Å². The zero-order chi connectivity index (χ0) is 13.4. The van der Waals surface area contributed by atoms with Crippen LogP contribution < -0.4 is 20.5 Å². The van der Waals surface area contributed by atoms with Gasteiger partial charge in [0.05, 0.1) is 20.1 Å². The third kappa shape index (κ3) is 4.63. The third-order valence-electron chi connectivity index (χ3n) is 2.45. The summed E-state index contributed by atoms with van der Waals surface area (Å²) in [5.74, 6) is 1.08. The molecular formula is C13H20N2O3. The molecule has 3 N–H and O–H groups in total. The molecule has 1 amide bonds. The molecule has 0 bridgehead atoms. The second kappa shape index (κ2) is 7.55. The third-order valence-corrected chi connectivity index (χ3v) is 2.45. The number of carbonyl (C=O) groups excluding carboxylic acids is 1. The highest BCUT2D eigenvalue weighted by Gasteiger charge is 2.06. The van der Waals surface area contributed by atoms with Crippen LogP contribution in [0.3, 0.4) is 0 Å². The molecule has 1 aromatic carbocycles. The average Bonchev–Trinajstić information content (AvgIpc) is 2.36. The smallest absolute Gasteiger partial charge is 0.220 e. The van der Waals surface area contributed by atoms with E-state index in [1.54, 1.807) is 7.11 Å². The fourth-order valence-corrected chi connectivity index (χ4v) is 1.46. The van der Waals surface area contributed by atoms with Crippen LogP contribution in [-0.2, 0) is 11.3 Å². The second-order valence-corrected chi connectivity index (χ2v) is 3.82. The van der Waals surface area contributed by atoms with Crippen LogP contribution in [0, 0.1) is 0 Å². The van der Waals surface area contributed by atoms with Crippen molar-refractivity contribution in [1.29, 1.82) is 0 Å². The van der Waals surface area contributed by atoms with Crippen molar-refractivity contribution in [3.05, 3.63) is 23.8 Å². The molecule has 0 heterocycles. The van der Waals surface area contributed by atoms with Gasteiger partial charge in [0.1, 0.15) is 11.5 Å². The summed E-state index contributed by atoms with van der Waals surface area (Å²) >= 11 is 0. The first-order valence-corrected chi connectivity index (χ1v) is 5.96. The van der Waals surface area contributed by atoms with E-state index in [9.17, 15) is 4.79 Å². The summed E-state index contributed by atoms with van der Waals surface area (Å²) in [4.78, 5) is 10.7. The van der Waals surface area contributed by atoms with E-state index in [1.807, 2.05) is 25.1 Å². The standard InChI is InChI=1S/C13H20N2O3/c1-3-15-9-10-4-5-11(17-2)8-12(10)18-7-6-13(14)16/h4-5,8,15H,3,6-7,9H2,1-2H3,(H2,14,16). The number of benzene rings is 1. The van der Waals surface area contributed by atoms with Crippen LogP contribution in [-0.4, -0.2) is 26.2 Å². The lowest BCUT2D eigenvalue weighted by atomic mass is 10.2. The topological polar surface area (TPSA) is 73.6 Å². The molecule has 0 saturated carbocycles. The van der Waals surface area contributed by atoms with Gasteiger partial charge in [0.15, 0.2) is 0 Å². The predicted molar refractivity (Wildman–Crippen MR) is 69.7 cm³/mol. The fraction of sp³-hybridized carbons (Fsp3) is 0.462.